The third kappa shape index (κ3) is 11.1. The van der Waals surface area contributed by atoms with Crippen molar-refractivity contribution in [1.82, 2.24) is 15.1 Å². The van der Waals surface area contributed by atoms with Crippen molar-refractivity contribution in [3.8, 4) is 0 Å². The Kier molecular flexibility index (Phi) is 15.9. The van der Waals surface area contributed by atoms with Crippen LogP contribution < -0.4 is 10.2 Å². The molecule has 1 aromatic carbocycles. The number of unbranched alkanes of at least 4 members (excludes halogenated alkanes) is 2. The van der Waals surface area contributed by atoms with E-state index in [1.165, 1.54) is 0 Å². The van der Waals surface area contributed by atoms with Crippen molar-refractivity contribution in [2.24, 2.45) is 0 Å². The smallest absolute Gasteiger partial charge is 0.255 e. The minimum atomic E-state index is -0.603. The molecule has 0 radical (unpaired) electrons. The number of nitrogens with one attached hydrogen (secondary N) is 1. The number of ether oxygens (including phenoxy) is 1. The van der Waals surface area contributed by atoms with Gasteiger partial charge in [-0.15, -0.1) is 0 Å². The molecule has 3 amide bonds. The predicted molar refractivity (Wildman–Crippen MR) is 219 cm³/mol. The van der Waals surface area contributed by atoms with Crippen LogP contribution >= 0.6 is 0 Å². The fraction of sp³-hybridized carbons (Fsp3) is 0.356. The lowest BCUT2D eigenvalue weighted by Crippen LogP contribution is -2.52. The van der Waals surface area contributed by atoms with Gasteiger partial charge in [-0.2, -0.15) is 0 Å². The van der Waals surface area contributed by atoms with Crippen LogP contribution in [0.1, 0.15) is 67.8 Å². The van der Waals surface area contributed by atoms with Crippen molar-refractivity contribution < 1.29 is 24.2 Å². The highest BCUT2D eigenvalue weighted by Crippen LogP contribution is 2.32. The summed E-state index contributed by atoms with van der Waals surface area (Å²) >= 11 is 0. The molecule has 0 aliphatic carbocycles. The number of amides is 3. The average Bonchev–Trinajstić information content (AvgIpc) is 3.31. The second-order valence-electron chi connectivity index (χ2n) is 13.7. The second-order valence-corrected chi connectivity index (χ2v) is 13.7. The number of hydrogen-bond acceptors (Lipinski definition) is 7. The van der Waals surface area contributed by atoms with Crippen molar-refractivity contribution in [3.63, 3.8) is 0 Å². The van der Waals surface area contributed by atoms with Crippen molar-refractivity contribution in [1.29, 1.82) is 0 Å². The number of aliphatic hydroxyl groups excluding tert-OH is 1. The standard InChI is InChI=1S/C45H56N4O5/c1-7-10-16-33(4)39(9-3)43(36(8-2)17-14-29-50)34(5)18-19-35(6)54-30-13-11-12-24-47-25-15-26-48(28-27-47)38-20-21-40-37(31-38)32-49(45(40)53)41-22-23-42(51)46-44(41)52/h7-8,10,14,16-21,29,31,41,50H,1-2,4-6,9,11-13,15,22-28,30,32H2,3H3,(H,46,51,52)/b16-10-,19-18-,29-14+,36-17+,43-39+. The van der Waals surface area contributed by atoms with E-state index in [0.717, 1.165) is 110 Å². The van der Waals surface area contributed by atoms with Crippen LogP contribution in [0.2, 0.25) is 0 Å². The first kappa shape index (κ1) is 41.3. The van der Waals surface area contributed by atoms with Crippen LogP contribution in [-0.2, 0) is 20.9 Å². The molecule has 2 fully saturated rings. The monoisotopic (exact) mass is 732 g/mol. The Morgan fingerprint density at radius 2 is 1.80 bits per heavy atom. The van der Waals surface area contributed by atoms with Gasteiger partial charge in [0.05, 0.1) is 12.9 Å². The second kappa shape index (κ2) is 20.7. The number of imide groups is 1. The number of piperidine rings is 1. The Morgan fingerprint density at radius 3 is 2.52 bits per heavy atom. The van der Waals surface area contributed by atoms with Gasteiger partial charge in [0.2, 0.25) is 11.8 Å². The van der Waals surface area contributed by atoms with Crippen LogP contribution in [0.25, 0.3) is 0 Å². The molecule has 3 aliphatic rings. The van der Waals surface area contributed by atoms with Crippen LogP contribution in [0.3, 0.4) is 0 Å². The fourth-order valence-corrected chi connectivity index (χ4v) is 7.16. The number of aliphatic hydroxyl groups is 1. The summed E-state index contributed by atoms with van der Waals surface area (Å²) in [5.41, 5.74) is 6.97. The highest BCUT2D eigenvalue weighted by Gasteiger charge is 2.39. The quantitative estimate of drug-likeness (QED) is 0.0644. The van der Waals surface area contributed by atoms with Crippen LogP contribution in [0, 0.1) is 0 Å². The summed E-state index contributed by atoms with van der Waals surface area (Å²) in [4.78, 5) is 43.7. The first-order chi connectivity index (χ1) is 26.1. The normalized spacial score (nSPS) is 18.9. The van der Waals surface area contributed by atoms with E-state index >= 15 is 0 Å². The van der Waals surface area contributed by atoms with Crippen LogP contribution in [-0.4, -0.2) is 78.0 Å². The lowest BCUT2D eigenvalue weighted by Gasteiger charge is -2.29. The van der Waals surface area contributed by atoms with E-state index in [4.69, 9.17) is 4.74 Å². The lowest BCUT2D eigenvalue weighted by molar-refractivity contribution is -0.136. The van der Waals surface area contributed by atoms with Gasteiger partial charge in [-0.25, -0.2) is 0 Å². The maximum Gasteiger partial charge on any atom is 0.255 e. The van der Waals surface area contributed by atoms with Gasteiger partial charge in [0.25, 0.3) is 5.91 Å². The Hall–Kier alpha value is -5.41. The molecule has 3 aliphatic heterocycles. The predicted octanol–water partition coefficient (Wildman–Crippen LogP) is 7.96. The zero-order chi connectivity index (χ0) is 39.0. The van der Waals surface area contributed by atoms with Crippen LogP contribution in [0.4, 0.5) is 5.69 Å². The zero-order valence-corrected chi connectivity index (χ0v) is 31.9. The molecule has 3 heterocycles. The molecule has 2 saturated heterocycles. The highest BCUT2D eigenvalue weighted by molar-refractivity contribution is 6.05. The molecule has 1 aromatic rings. The molecular formula is C45H56N4O5. The molecule has 54 heavy (non-hydrogen) atoms. The van der Waals surface area contributed by atoms with Crippen molar-refractivity contribution in [2.45, 2.75) is 64.5 Å². The number of anilines is 1. The minimum absolute atomic E-state index is 0.142. The maximum absolute atomic E-state index is 13.1. The molecule has 0 aromatic heterocycles. The maximum atomic E-state index is 13.1. The number of nitrogens with zero attached hydrogens (tertiary/aromatic N) is 3. The minimum Gasteiger partial charge on any atom is -0.516 e. The molecule has 4 rings (SSSR count). The number of allylic oxidation sites excluding steroid dienone is 13. The Morgan fingerprint density at radius 1 is 0.981 bits per heavy atom. The highest BCUT2D eigenvalue weighted by atomic mass is 16.5. The largest absolute Gasteiger partial charge is 0.516 e. The summed E-state index contributed by atoms with van der Waals surface area (Å²) in [5.74, 6) is -0.248. The van der Waals surface area contributed by atoms with E-state index in [9.17, 15) is 19.5 Å². The SMILES string of the molecule is C=C/C=C\C(=C)/C(CC)=C(C(=C)/C=C\C(=C)OCCCCCN1CCCN(c2ccc3c(c2)CN(C2CCC(=O)NC2=O)C3=O)CC1)/C(C=C)=C/C=C/O. The summed E-state index contributed by atoms with van der Waals surface area (Å²) < 4.78 is 5.94. The van der Waals surface area contributed by atoms with E-state index in [-0.39, 0.29) is 24.1 Å². The molecule has 0 saturated carbocycles. The van der Waals surface area contributed by atoms with Gasteiger partial charge in [0, 0.05) is 43.9 Å². The third-order valence-corrected chi connectivity index (χ3v) is 10.0. The Labute approximate surface area is 321 Å². The number of rotatable bonds is 19. The van der Waals surface area contributed by atoms with Crippen LogP contribution in [0.15, 0.2) is 140 Å². The topological polar surface area (TPSA) is 102 Å². The van der Waals surface area contributed by atoms with E-state index in [2.05, 4.69) is 61.0 Å². The first-order valence-electron chi connectivity index (χ1n) is 18.9. The third-order valence-electron chi connectivity index (χ3n) is 10.0. The summed E-state index contributed by atoms with van der Waals surface area (Å²) in [6, 6.07) is 5.40. The summed E-state index contributed by atoms with van der Waals surface area (Å²) in [6.07, 6.45) is 20.7. The number of carbonyl (C=O) groups excluding carboxylic acids is 3. The van der Waals surface area contributed by atoms with E-state index in [1.807, 2.05) is 36.4 Å². The Balaban J connectivity index is 1.21. The van der Waals surface area contributed by atoms with Gasteiger partial charge < -0.3 is 24.5 Å². The van der Waals surface area contributed by atoms with Gasteiger partial charge in [-0.3, -0.25) is 19.7 Å². The molecular weight excluding hydrogens is 677 g/mol. The number of fused-ring (bicyclic) bond motifs is 1. The number of benzene rings is 1. The summed E-state index contributed by atoms with van der Waals surface area (Å²) in [5, 5.41) is 11.6. The molecule has 0 spiro atoms. The summed E-state index contributed by atoms with van der Waals surface area (Å²) in [7, 11) is 0. The molecule has 9 nitrogen and oxygen atoms in total. The Bertz CT molecular complexity index is 1780. The van der Waals surface area contributed by atoms with Gasteiger partial charge in [0.1, 0.15) is 11.8 Å². The van der Waals surface area contributed by atoms with Crippen molar-refractivity contribution >= 4 is 23.4 Å². The van der Waals surface area contributed by atoms with Crippen LogP contribution in [0.5, 0.6) is 0 Å². The molecule has 9 heteroatoms. The van der Waals surface area contributed by atoms with Crippen molar-refractivity contribution in [3.05, 3.63) is 151 Å². The van der Waals surface area contributed by atoms with E-state index < -0.39 is 6.04 Å². The fourth-order valence-electron chi connectivity index (χ4n) is 7.16. The molecule has 1 unspecified atom stereocenters. The van der Waals surface area contributed by atoms with E-state index in [1.54, 1.807) is 29.2 Å². The molecule has 2 N–H and O–H groups in total. The molecule has 286 valence electrons. The molecule has 1 atom stereocenters. The lowest BCUT2D eigenvalue weighted by atomic mass is 9.88. The number of hydrogen-bond donors (Lipinski definition) is 2. The van der Waals surface area contributed by atoms with Gasteiger partial charge in [0.15, 0.2) is 0 Å². The van der Waals surface area contributed by atoms with Gasteiger partial charge >= 0.3 is 0 Å². The van der Waals surface area contributed by atoms with Gasteiger partial charge in [-0.05, 0) is 115 Å². The summed E-state index contributed by atoms with van der Waals surface area (Å²) in [6.45, 7) is 28.3. The first-order valence-corrected chi connectivity index (χ1v) is 18.9. The van der Waals surface area contributed by atoms with Gasteiger partial charge in [-0.1, -0.05) is 76.3 Å². The average molecular weight is 733 g/mol. The molecule has 0 bridgehead atoms. The van der Waals surface area contributed by atoms with Crippen molar-refractivity contribution in [2.75, 3.05) is 44.2 Å². The number of carbonyl (C=O) groups is 3. The zero-order valence-electron chi connectivity index (χ0n) is 31.9. The van der Waals surface area contributed by atoms with E-state index in [0.29, 0.717) is 30.9 Å².